The molecule has 8 nitrogen and oxygen atoms in total. The van der Waals surface area contributed by atoms with E-state index in [-0.39, 0.29) is 29.6 Å². The number of hydrogen-bond donors (Lipinski definition) is 1. The van der Waals surface area contributed by atoms with Crippen LogP contribution in [0, 0.1) is 18.8 Å². The fraction of sp³-hybridized carbons (Fsp3) is 0.457. The Morgan fingerprint density at radius 2 is 1.71 bits per heavy atom. The maximum Gasteiger partial charge on any atom is 0.251 e. The molecule has 4 aliphatic heterocycles. The summed E-state index contributed by atoms with van der Waals surface area (Å²) in [4.78, 5) is 49.0. The minimum absolute atomic E-state index is 0.107. The van der Waals surface area contributed by atoms with Gasteiger partial charge in [0.05, 0.1) is 33.9 Å². The number of unbranched alkanes of at least 4 members (excludes halogenated alkanes) is 3. The maximum absolute atomic E-state index is 14.7. The zero-order valence-corrected chi connectivity index (χ0v) is 27.3. The van der Waals surface area contributed by atoms with Crippen LogP contribution in [0.1, 0.15) is 38.2 Å². The Hall–Kier alpha value is -3.27. The summed E-state index contributed by atoms with van der Waals surface area (Å²) in [6.45, 7) is 5.68. The molecule has 4 aliphatic rings. The number of likely N-dealkylation sites (tertiary alicyclic amines) is 1. The number of fused-ring (bicyclic) bond motifs is 2. The lowest BCUT2D eigenvalue weighted by atomic mass is 9.78. The number of carbonyl (C=O) groups excluding carboxylic acids is 3. The maximum atomic E-state index is 14.7. The van der Waals surface area contributed by atoms with Crippen molar-refractivity contribution in [3.63, 3.8) is 0 Å². The number of nitrogens with zero attached hydrogens (tertiary/aromatic N) is 3. The lowest BCUT2D eigenvalue weighted by molar-refractivity contribution is -0.138. The summed E-state index contributed by atoms with van der Waals surface area (Å²) in [7, 11) is 0. The number of anilines is 2. The SMILES string of the molecule is CCOc1ccc(N2CC=C[C@@H]3S[C@]45C=CCN(c6c(C)cccc6Cl)C(=O)C4N(CCCCCCO)C(=O)[C@@H]5[C@@H]3C2=O)cc1. The molecule has 5 atom stereocenters. The quantitative estimate of drug-likeness (QED) is 0.274. The van der Waals surface area contributed by atoms with E-state index in [1.165, 1.54) is 0 Å². The average Bonchev–Trinajstić information content (AvgIpc) is 3.33. The van der Waals surface area contributed by atoms with Crippen molar-refractivity contribution in [1.29, 1.82) is 0 Å². The molecular formula is C35H40ClN3O5S. The highest BCUT2D eigenvalue weighted by Crippen LogP contribution is 2.61. The lowest BCUT2D eigenvalue weighted by Crippen LogP contribution is -2.53. The number of aliphatic hydroxyl groups excluding tert-OH is 1. The van der Waals surface area contributed by atoms with Gasteiger partial charge in [0.1, 0.15) is 11.8 Å². The predicted octanol–water partition coefficient (Wildman–Crippen LogP) is 5.40. The first-order chi connectivity index (χ1) is 21.8. The molecule has 1 N–H and O–H groups in total. The number of aryl methyl sites for hydroxylation is 1. The molecule has 0 aliphatic carbocycles. The third kappa shape index (κ3) is 5.57. The number of halogens is 1. The van der Waals surface area contributed by atoms with Crippen LogP contribution in [0.2, 0.25) is 5.02 Å². The van der Waals surface area contributed by atoms with Gasteiger partial charge < -0.3 is 24.5 Å². The highest BCUT2D eigenvalue weighted by Gasteiger charge is 2.71. The molecule has 6 rings (SSSR count). The van der Waals surface area contributed by atoms with E-state index in [0.717, 1.165) is 29.8 Å². The van der Waals surface area contributed by atoms with Crippen molar-refractivity contribution in [2.45, 2.75) is 55.6 Å². The van der Waals surface area contributed by atoms with Crippen LogP contribution in [0.3, 0.4) is 0 Å². The van der Waals surface area contributed by atoms with Crippen molar-refractivity contribution in [2.75, 3.05) is 42.6 Å². The molecule has 0 saturated carbocycles. The van der Waals surface area contributed by atoms with Gasteiger partial charge >= 0.3 is 0 Å². The van der Waals surface area contributed by atoms with Gasteiger partial charge in [0.25, 0.3) is 5.91 Å². The molecule has 3 amide bonds. The normalized spacial score (nSPS) is 27.4. The van der Waals surface area contributed by atoms with E-state index in [2.05, 4.69) is 6.08 Å². The molecule has 0 radical (unpaired) electrons. The van der Waals surface area contributed by atoms with Gasteiger partial charge in [-0.3, -0.25) is 14.4 Å². The topological polar surface area (TPSA) is 90.4 Å². The van der Waals surface area contributed by atoms with Crippen molar-refractivity contribution in [2.24, 2.45) is 11.8 Å². The standard InChI is InChI=1S/C35H40ClN3O5S/c1-3-44-25-16-14-24(15-17-25)37-20-9-13-27-28(32(37)41)29-33(42)39(19-6-4-5-7-22-40)31-34(43)38(21-10-18-35(29,31)45-27)30-23(2)11-8-12-26(30)36/h8-18,27-29,31,40H,3-7,19-22H2,1-2H3/t27-,28+,29-,31?,35-/m0/s1. The third-order valence-corrected chi connectivity index (χ3v) is 11.4. The van der Waals surface area contributed by atoms with Crippen molar-refractivity contribution in [1.82, 2.24) is 4.90 Å². The molecule has 2 aromatic rings. The second-order valence-electron chi connectivity index (χ2n) is 12.1. The molecule has 238 valence electrons. The molecule has 1 spiro atoms. The van der Waals surface area contributed by atoms with Gasteiger partial charge in [0.2, 0.25) is 11.8 Å². The van der Waals surface area contributed by atoms with Crippen LogP contribution in [0.25, 0.3) is 0 Å². The molecule has 2 saturated heterocycles. The smallest absolute Gasteiger partial charge is 0.251 e. The van der Waals surface area contributed by atoms with E-state index >= 15 is 0 Å². The highest BCUT2D eigenvalue weighted by atomic mass is 35.5. The first-order valence-corrected chi connectivity index (χ1v) is 17.1. The number of rotatable bonds is 10. The van der Waals surface area contributed by atoms with Gasteiger partial charge in [0, 0.05) is 37.2 Å². The Morgan fingerprint density at radius 3 is 2.44 bits per heavy atom. The molecule has 45 heavy (non-hydrogen) atoms. The number of benzene rings is 2. The average molecular weight is 650 g/mol. The van der Waals surface area contributed by atoms with Gasteiger partial charge in [-0.25, -0.2) is 0 Å². The number of thioether (sulfide) groups is 1. The molecule has 2 fully saturated rings. The van der Waals surface area contributed by atoms with Crippen LogP contribution in [-0.2, 0) is 14.4 Å². The van der Waals surface area contributed by atoms with Gasteiger partial charge in [-0.15, -0.1) is 11.8 Å². The number of aliphatic hydroxyl groups is 1. The fourth-order valence-corrected chi connectivity index (χ4v) is 9.74. The highest BCUT2D eigenvalue weighted by molar-refractivity contribution is 8.02. The van der Waals surface area contributed by atoms with Crippen LogP contribution in [0.15, 0.2) is 66.8 Å². The molecular weight excluding hydrogens is 610 g/mol. The van der Waals surface area contributed by atoms with Gasteiger partial charge in [-0.2, -0.15) is 0 Å². The summed E-state index contributed by atoms with van der Waals surface area (Å²) < 4.78 is 4.70. The van der Waals surface area contributed by atoms with E-state index in [9.17, 15) is 19.5 Å². The number of hydrogen-bond acceptors (Lipinski definition) is 6. The Balaban J connectivity index is 1.38. The summed E-state index contributed by atoms with van der Waals surface area (Å²) in [5, 5.41) is 9.48. The van der Waals surface area contributed by atoms with Crippen LogP contribution >= 0.6 is 23.4 Å². The molecule has 4 heterocycles. The molecule has 2 aromatic carbocycles. The monoisotopic (exact) mass is 649 g/mol. The number of carbonyl (C=O) groups is 3. The van der Waals surface area contributed by atoms with Crippen LogP contribution in [0.4, 0.5) is 11.4 Å². The van der Waals surface area contributed by atoms with Gasteiger partial charge in [-0.1, -0.05) is 60.9 Å². The van der Waals surface area contributed by atoms with E-state index in [4.69, 9.17) is 16.3 Å². The van der Waals surface area contributed by atoms with Gasteiger partial charge in [0.15, 0.2) is 0 Å². The van der Waals surface area contributed by atoms with Crippen molar-refractivity contribution in [3.8, 4) is 5.75 Å². The largest absolute Gasteiger partial charge is 0.494 e. The predicted molar refractivity (Wildman–Crippen MR) is 179 cm³/mol. The first-order valence-electron chi connectivity index (χ1n) is 15.9. The van der Waals surface area contributed by atoms with E-state index < -0.39 is 22.6 Å². The summed E-state index contributed by atoms with van der Waals surface area (Å²) in [6.07, 6.45) is 11.2. The zero-order valence-electron chi connectivity index (χ0n) is 25.7. The Labute approximate surface area is 274 Å². The Morgan fingerprint density at radius 1 is 0.956 bits per heavy atom. The Bertz CT molecular complexity index is 1490. The van der Waals surface area contributed by atoms with Gasteiger partial charge in [-0.05, 0) is 62.6 Å². The van der Waals surface area contributed by atoms with Crippen molar-refractivity contribution < 1.29 is 24.2 Å². The lowest BCUT2D eigenvalue weighted by Gasteiger charge is -2.35. The first kappa shape index (κ1) is 31.7. The third-order valence-electron chi connectivity index (χ3n) is 9.38. The molecule has 0 aromatic heterocycles. The van der Waals surface area contributed by atoms with E-state index in [0.29, 0.717) is 49.8 Å². The minimum atomic E-state index is -0.902. The second-order valence-corrected chi connectivity index (χ2v) is 14.0. The second kappa shape index (κ2) is 13.2. The van der Waals surface area contributed by atoms with E-state index in [1.807, 2.05) is 68.5 Å². The number of para-hydroxylation sites is 1. The van der Waals surface area contributed by atoms with Crippen LogP contribution in [-0.4, -0.2) is 76.6 Å². The van der Waals surface area contributed by atoms with Crippen molar-refractivity contribution in [3.05, 3.63) is 77.4 Å². The van der Waals surface area contributed by atoms with E-state index in [1.54, 1.807) is 32.5 Å². The van der Waals surface area contributed by atoms with Crippen LogP contribution < -0.4 is 14.5 Å². The number of ether oxygens (including phenoxy) is 1. The fourth-order valence-electron chi connectivity index (χ4n) is 7.41. The molecule has 1 unspecified atom stereocenters. The van der Waals surface area contributed by atoms with Crippen LogP contribution in [0.5, 0.6) is 5.75 Å². The zero-order chi connectivity index (χ0) is 31.7. The van der Waals surface area contributed by atoms with Crippen molar-refractivity contribution >= 4 is 52.5 Å². The summed E-state index contributed by atoms with van der Waals surface area (Å²) in [5.74, 6) is -1.01. The summed E-state index contributed by atoms with van der Waals surface area (Å²) in [5.41, 5.74) is 2.28. The molecule has 0 bridgehead atoms. The summed E-state index contributed by atoms with van der Waals surface area (Å²) in [6, 6.07) is 12.3. The Kier molecular flexibility index (Phi) is 9.32. The number of amides is 3. The summed E-state index contributed by atoms with van der Waals surface area (Å²) >= 11 is 8.26. The minimum Gasteiger partial charge on any atom is -0.494 e. The molecule has 10 heteroatoms.